The van der Waals surface area contributed by atoms with Gasteiger partial charge in [-0.1, -0.05) is 11.6 Å². The molecule has 1 amide bonds. The summed E-state index contributed by atoms with van der Waals surface area (Å²) in [6.07, 6.45) is 0. The summed E-state index contributed by atoms with van der Waals surface area (Å²) in [5.41, 5.74) is -0.261. The van der Waals surface area contributed by atoms with E-state index in [2.05, 4.69) is 5.32 Å². The molecule has 0 spiro atoms. The van der Waals surface area contributed by atoms with E-state index in [0.717, 1.165) is 18.2 Å². The summed E-state index contributed by atoms with van der Waals surface area (Å²) in [6.45, 7) is 0. The first-order valence-corrected chi connectivity index (χ1v) is 7.89. The van der Waals surface area contributed by atoms with Crippen molar-refractivity contribution in [3.63, 3.8) is 0 Å². The Morgan fingerprint density at radius 3 is 2.61 bits per heavy atom. The predicted octanol–water partition coefficient (Wildman–Crippen LogP) is 2.00. The van der Waals surface area contributed by atoms with Crippen LogP contribution in [0.1, 0.15) is 10.6 Å². The van der Waals surface area contributed by atoms with Gasteiger partial charge in [0.1, 0.15) is 0 Å². The summed E-state index contributed by atoms with van der Waals surface area (Å²) < 4.78 is 30.1. The van der Waals surface area contributed by atoms with Crippen LogP contribution in [0.5, 0.6) is 0 Å². The van der Waals surface area contributed by atoms with Gasteiger partial charge < -0.3 is 9.73 Å². The van der Waals surface area contributed by atoms with Crippen LogP contribution in [0.2, 0.25) is 5.02 Å². The van der Waals surface area contributed by atoms with Gasteiger partial charge in [-0.25, -0.2) is 13.1 Å². The zero-order valence-electron chi connectivity index (χ0n) is 11.6. The van der Waals surface area contributed by atoms with Gasteiger partial charge in [-0.15, -0.1) is 0 Å². The van der Waals surface area contributed by atoms with Crippen molar-refractivity contribution in [2.45, 2.75) is 5.09 Å². The molecule has 0 unspecified atom stereocenters. The van der Waals surface area contributed by atoms with Crippen molar-refractivity contribution >= 4 is 38.9 Å². The highest BCUT2D eigenvalue weighted by Gasteiger charge is 2.20. The largest absolute Gasteiger partial charge is 0.438 e. The van der Waals surface area contributed by atoms with Crippen LogP contribution < -0.4 is 10.0 Å². The van der Waals surface area contributed by atoms with Gasteiger partial charge in [-0.2, -0.15) is 0 Å². The van der Waals surface area contributed by atoms with E-state index in [-0.39, 0.29) is 22.2 Å². The summed E-state index contributed by atoms with van der Waals surface area (Å²) in [7, 11) is -2.63. The molecule has 1 heterocycles. The normalized spacial score (nSPS) is 11.2. The van der Waals surface area contributed by atoms with Gasteiger partial charge in [0.2, 0.25) is 5.09 Å². The highest BCUT2D eigenvalue weighted by atomic mass is 35.5. The minimum absolute atomic E-state index is 0.000269. The van der Waals surface area contributed by atoms with Crippen molar-refractivity contribution in [2.75, 3.05) is 12.4 Å². The number of benzene rings is 1. The molecule has 9 nitrogen and oxygen atoms in total. The van der Waals surface area contributed by atoms with Crippen LogP contribution in [0, 0.1) is 10.1 Å². The van der Waals surface area contributed by atoms with Crippen molar-refractivity contribution in [1.82, 2.24) is 4.72 Å². The Morgan fingerprint density at radius 1 is 1.30 bits per heavy atom. The summed E-state index contributed by atoms with van der Waals surface area (Å²) in [6, 6.07) is 5.78. The summed E-state index contributed by atoms with van der Waals surface area (Å²) in [5.74, 6) is -1.09. The lowest BCUT2D eigenvalue weighted by Crippen LogP contribution is -2.18. The maximum atomic E-state index is 12.0. The number of hydrogen-bond acceptors (Lipinski definition) is 6. The van der Waals surface area contributed by atoms with Crippen molar-refractivity contribution in [3.05, 3.63) is 51.2 Å². The molecule has 2 N–H and O–H groups in total. The van der Waals surface area contributed by atoms with E-state index in [9.17, 15) is 23.3 Å². The number of nitro groups is 1. The number of non-ortho nitro benzene ring substituents is 1. The molecule has 0 aliphatic rings. The van der Waals surface area contributed by atoms with Crippen LogP contribution in [0.15, 0.2) is 39.8 Å². The van der Waals surface area contributed by atoms with Gasteiger partial charge in [0, 0.05) is 12.1 Å². The Kier molecular flexibility index (Phi) is 4.68. The third-order valence-corrected chi connectivity index (χ3v) is 4.36. The molecule has 2 rings (SSSR count). The molecule has 0 aliphatic heterocycles. The van der Waals surface area contributed by atoms with Crippen molar-refractivity contribution in [1.29, 1.82) is 0 Å². The molecule has 2 aromatic rings. The number of hydrogen-bond donors (Lipinski definition) is 2. The zero-order chi connectivity index (χ0) is 17.2. The van der Waals surface area contributed by atoms with Crippen LogP contribution in [0.3, 0.4) is 0 Å². The second-order valence-corrected chi connectivity index (χ2v) is 6.43. The van der Waals surface area contributed by atoms with Crippen LogP contribution in [0.4, 0.5) is 11.4 Å². The maximum Gasteiger partial charge on any atom is 0.291 e. The number of furan rings is 1. The SMILES string of the molecule is CNS(=O)(=O)c1ccc(C(=O)Nc2cc([N+](=O)[O-])ccc2Cl)o1. The number of nitro benzene ring substituents is 1. The lowest BCUT2D eigenvalue weighted by molar-refractivity contribution is -0.384. The average molecular weight is 360 g/mol. The van der Waals surface area contributed by atoms with E-state index in [1.165, 1.54) is 19.2 Å². The molecule has 0 radical (unpaired) electrons. The molecule has 0 saturated heterocycles. The molecule has 11 heteroatoms. The first-order valence-electron chi connectivity index (χ1n) is 6.03. The van der Waals surface area contributed by atoms with Crippen LogP contribution in [0.25, 0.3) is 0 Å². The quantitative estimate of drug-likeness (QED) is 0.620. The Labute approximate surface area is 135 Å². The van der Waals surface area contributed by atoms with Gasteiger partial charge in [0.25, 0.3) is 21.6 Å². The lowest BCUT2D eigenvalue weighted by Gasteiger charge is -2.05. The Balaban J connectivity index is 2.26. The number of amides is 1. The third kappa shape index (κ3) is 3.67. The molecule has 122 valence electrons. The smallest absolute Gasteiger partial charge is 0.291 e. The van der Waals surface area contributed by atoms with E-state index >= 15 is 0 Å². The molecule has 23 heavy (non-hydrogen) atoms. The Bertz CT molecular complexity index is 877. The van der Waals surface area contributed by atoms with E-state index in [4.69, 9.17) is 16.0 Å². The lowest BCUT2D eigenvalue weighted by atomic mass is 10.2. The van der Waals surface area contributed by atoms with Crippen LogP contribution >= 0.6 is 11.6 Å². The van der Waals surface area contributed by atoms with Gasteiger partial charge >= 0.3 is 0 Å². The van der Waals surface area contributed by atoms with Crippen molar-refractivity contribution in [2.24, 2.45) is 0 Å². The fraction of sp³-hybridized carbons (Fsp3) is 0.0833. The molecule has 1 aromatic heterocycles. The van der Waals surface area contributed by atoms with E-state index in [0.29, 0.717) is 0 Å². The summed E-state index contributed by atoms with van der Waals surface area (Å²) >= 11 is 5.86. The standard InChI is InChI=1S/C12H10ClN3O6S/c1-14-23(20,21)11-5-4-10(22-11)12(17)15-9-6-7(16(18)19)2-3-8(9)13/h2-6,14H,1H3,(H,15,17). The maximum absolute atomic E-state index is 12.0. The number of carbonyl (C=O) groups is 1. The Morgan fingerprint density at radius 2 is 2.00 bits per heavy atom. The van der Waals surface area contributed by atoms with Gasteiger partial charge in [0.15, 0.2) is 5.76 Å². The summed E-state index contributed by atoms with van der Waals surface area (Å²) in [5, 5.41) is 12.7. The minimum Gasteiger partial charge on any atom is -0.438 e. The molecule has 0 saturated carbocycles. The zero-order valence-corrected chi connectivity index (χ0v) is 13.1. The molecule has 0 atom stereocenters. The fourth-order valence-corrected chi connectivity index (χ4v) is 2.41. The number of carbonyl (C=O) groups excluding carboxylic acids is 1. The number of sulfonamides is 1. The van der Waals surface area contributed by atoms with Gasteiger partial charge in [-0.3, -0.25) is 14.9 Å². The molecular weight excluding hydrogens is 350 g/mol. The number of anilines is 1. The molecule has 1 aromatic carbocycles. The van der Waals surface area contributed by atoms with Gasteiger partial charge in [0.05, 0.1) is 15.6 Å². The third-order valence-electron chi connectivity index (χ3n) is 2.75. The second kappa shape index (κ2) is 6.36. The molecular formula is C12H10ClN3O6S. The highest BCUT2D eigenvalue weighted by Crippen LogP contribution is 2.27. The topological polar surface area (TPSA) is 132 Å². The van der Waals surface area contributed by atoms with Crippen LogP contribution in [-0.4, -0.2) is 26.3 Å². The van der Waals surface area contributed by atoms with Crippen LogP contribution in [-0.2, 0) is 10.0 Å². The van der Waals surface area contributed by atoms with Gasteiger partial charge in [-0.05, 0) is 25.2 Å². The minimum atomic E-state index is -3.82. The fourth-order valence-electron chi connectivity index (χ4n) is 1.59. The monoisotopic (exact) mass is 359 g/mol. The molecule has 0 aliphatic carbocycles. The van der Waals surface area contributed by atoms with E-state index in [1.807, 2.05) is 4.72 Å². The van der Waals surface area contributed by atoms with E-state index < -0.39 is 25.9 Å². The second-order valence-electron chi connectivity index (χ2n) is 4.20. The number of nitrogens with one attached hydrogen (secondary N) is 2. The number of nitrogens with zero attached hydrogens (tertiary/aromatic N) is 1. The first-order chi connectivity index (χ1) is 10.7. The molecule has 0 fully saturated rings. The summed E-state index contributed by atoms with van der Waals surface area (Å²) in [4.78, 5) is 22.1. The first kappa shape index (κ1) is 16.9. The average Bonchev–Trinajstić information content (AvgIpc) is 3.00. The van der Waals surface area contributed by atoms with E-state index in [1.54, 1.807) is 0 Å². The number of halogens is 1. The van der Waals surface area contributed by atoms with Crippen molar-refractivity contribution in [3.8, 4) is 0 Å². The predicted molar refractivity (Wildman–Crippen MR) is 81.0 cm³/mol. The molecule has 0 bridgehead atoms. The number of rotatable bonds is 5. The highest BCUT2D eigenvalue weighted by molar-refractivity contribution is 7.89. The van der Waals surface area contributed by atoms with Crippen molar-refractivity contribution < 1.29 is 22.6 Å². The Hall–Kier alpha value is -2.43.